The number of rotatable bonds is 26. The molecule has 20 fully saturated rings. The summed E-state index contributed by atoms with van der Waals surface area (Å²) in [4.78, 5) is 85.6. The number of carbonyl (C=O) groups excluding carboxylic acids is 7. The van der Waals surface area contributed by atoms with E-state index < -0.39 is 23.4 Å². The normalized spacial score (nSPS) is 34.4. The Balaban J connectivity index is -0.000000813. The van der Waals surface area contributed by atoms with Gasteiger partial charge in [-0.2, -0.15) is 0 Å². The Morgan fingerprint density at radius 3 is 1.14 bits per heavy atom. The topological polar surface area (TPSA) is 203 Å². The Hall–Kier alpha value is -3.79. The lowest BCUT2D eigenvalue weighted by molar-refractivity contribution is -0.291. The van der Waals surface area contributed by atoms with Crippen molar-refractivity contribution in [1.82, 2.24) is 0 Å². The number of ether oxygens (including phenoxy) is 9. The molecule has 16 nitrogen and oxygen atoms in total. The summed E-state index contributed by atoms with van der Waals surface area (Å²) in [5.41, 5.74) is -3.27. The van der Waals surface area contributed by atoms with Gasteiger partial charge in [-0.25, -0.2) is 0 Å². The van der Waals surface area contributed by atoms with Gasteiger partial charge in [-0.15, -0.1) is 0 Å². The van der Waals surface area contributed by atoms with Crippen molar-refractivity contribution in [2.24, 2.45) is 191 Å². The van der Waals surface area contributed by atoms with Crippen LogP contribution in [0.5, 0.6) is 0 Å². The van der Waals surface area contributed by atoms with Crippen molar-refractivity contribution in [3.8, 4) is 0 Å². The lowest BCUT2D eigenvalue weighted by atomic mass is 9.33. The monoisotopic (exact) mass is 2100 g/mol. The van der Waals surface area contributed by atoms with E-state index in [0.717, 1.165) is 164 Å². The Morgan fingerprint density at radius 2 is 0.723 bits per heavy atom. The predicted octanol–water partition coefficient (Wildman–Crippen LogP) is 38.2. The van der Waals surface area contributed by atoms with Crippen LogP contribution in [0.1, 0.15) is 566 Å². The minimum Gasteiger partial charge on any atom is -0.460 e. The van der Waals surface area contributed by atoms with Crippen LogP contribution in [-0.4, -0.2) is 94.1 Å². The van der Waals surface area contributed by atoms with Gasteiger partial charge in [0.1, 0.15) is 28.0 Å². The third-order valence-electron chi connectivity index (χ3n) is 42.1. The highest BCUT2D eigenvalue weighted by Crippen LogP contribution is 2.77. The second-order valence-electron chi connectivity index (χ2n) is 56.0. The second kappa shape index (κ2) is 55.1. The molecule has 20 saturated carbocycles. The molecule has 20 aliphatic carbocycles. The lowest BCUT2D eigenvalue weighted by Crippen LogP contribution is -2.72. The van der Waals surface area contributed by atoms with E-state index in [2.05, 4.69) is 76.2 Å². The number of hydrogen-bond acceptors (Lipinski definition) is 16. The smallest absolute Gasteiger partial charge is 0.313 e. The van der Waals surface area contributed by atoms with Gasteiger partial charge in [0, 0.05) is 17.8 Å². The highest BCUT2D eigenvalue weighted by Gasteiger charge is 2.73. The Bertz CT molecular complexity index is 3990. The van der Waals surface area contributed by atoms with Crippen molar-refractivity contribution in [3.63, 3.8) is 0 Å². The summed E-state index contributed by atoms with van der Waals surface area (Å²) in [5.74, 6) is 19.5. The summed E-state index contributed by atoms with van der Waals surface area (Å²) in [6, 6.07) is 0. The summed E-state index contributed by atoms with van der Waals surface area (Å²) in [6.07, 6.45) is 38.7. The maximum atomic E-state index is 12.9. The molecule has 0 aromatic carbocycles. The molecule has 22 unspecified atom stereocenters. The van der Waals surface area contributed by atoms with Crippen molar-refractivity contribution < 1.29 is 76.2 Å². The molecule has 0 amide bonds. The zero-order chi connectivity index (χ0) is 100. The molecule has 0 heterocycles. The standard InChI is InChI=1S/C21H32O2.C21H36O2.C20H32O3.C18H30O3.C16H28O2.C12H24O2.C10H20O2.14CH4/c1-5-20(2,3)19(22)23-21(4)12-9-14-13-6-11-7-16(14)18(21)17(8-11)15(13)10-12;1-8-18(3,4)17(22)23-20(7)11-12-21-13-16(20)19(5,6)15(21)10-9-14(21)2;1-5-20(3,4)19(21)23-11(2)22-16-10-14-9-15(16)18-13-7-6-12(8-13)17(14)18;1-5-17(3,4)16(19)20-12(2)21-18-9-13-6-14(10-18)8-15(7-13)11-18;1-6-15(2,3)14(17)18-16(4,5)13-10-11-7-8-12(13)9-11;1-8-11(4,5)10(13)14-12(6,7)9(2)3;1-7-10(5,6)8(11)12-9(2,3)4;;;;;;;;;;;;;;/h11-18H,5-10H2,1-4H3;14-16H,8-13H2,1-7H3;11-18H,5-10H2,1-4H3;12-15H,5-11H2,1-4H3;11-13H,6-10H2,1-5H3;9H,8H2,1-7H3;7H2,1-6H3;14*1H4. The van der Waals surface area contributed by atoms with E-state index in [-0.39, 0.29) is 212 Å². The first-order valence-electron chi connectivity index (χ1n) is 55.6. The molecule has 20 rings (SSSR count). The number of fused-ring (bicyclic) bond motifs is 12. The van der Waals surface area contributed by atoms with Crippen molar-refractivity contribution in [2.75, 3.05) is 0 Å². The summed E-state index contributed by atoms with van der Waals surface area (Å²) in [6.45, 7) is 75.4. The van der Waals surface area contributed by atoms with Gasteiger partial charge in [-0.1, -0.05) is 193 Å². The van der Waals surface area contributed by atoms with E-state index in [9.17, 15) is 33.6 Å². The van der Waals surface area contributed by atoms with Crippen LogP contribution in [0.15, 0.2) is 0 Å². The van der Waals surface area contributed by atoms with Gasteiger partial charge >= 0.3 is 41.8 Å². The summed E-state index contributed by atoms with van der Waals surface area (Å²) in [7, 11) is 0. The maximum Gasteiger partial charge on any atom is 0.313 e. The van der Waals surface area contributed by atoms with Gasteiger partial charge in [-0.05, 0) is 507 Å². The van der Waals surface area contributed by atoms with Crippen LogP contribution in [0.25, 0.3) is 0 Å². The molecule has 0 aliphatic heterocycles. The molecule has 0 saturated heterocycles. The largest absolute Gasteiger partial charge is 0.460 e. The number of carbonyl (C=O) groups is 7. The minimum atomic E-state index is -0.418. The van der Waals surface area contributed by atoms with E-state index in [0.29, 0.717) is 41.1 Å². The van der Waals surface area contributed by atoms with Crippen LogP contribution in [-0.2, 0) is 76.2 Å². The van der Waals surface area contributed by atoms with Crippen LogP contribution < -0.4 is 0 Å². The van der Waals surface area contributed by atoms with Gasteiger partial charge in [0.2, 0.25) is 6.29 Å². The summed E-state index contributed by atoms with van der Waals surface area (Å²) >= 11 is 0. The fraction of sp³-hybridized carbons (Fsp3) is 0.947. The lowest BCUT2D eigenvalue weighted by Gasteiger charge is -2.74. The van der Waals surface area contributed by atoms with Crippen LogP contribution in [0.3, 0.4) is 0 Å². The van der Waals surface area contributed by atoms with Gasteiger partial charge < -0.3 is 42.6 Å². The third kappa shape index (κ3) is 31.3. The maximum absolute atomic E-state index is 12.9. The van der Waals surface area contributed by atoms with Crippen molar-refractivity contribution in [3.05, 3.63) is 0 Å². The molecule has 0 aromatic heterocycles. The molecule has 882 valence electrons. The van der Waals surface area contributed by atoms with Gasteiger partial charge in [0.05, 0.1) is 49.6 Å². The van der Waals surface area contributed by atoms with Gasteiger partial charge in [0.15, 0.2) is 6.29 Å². The van der Waals surface area contributed by atoms with Crippen LogP contribution >= 0.6 is 0 Å². The molecule has 20 aliphatic rings. The van der Waals surface area contributed by atoms with E-state index >= 15 is 0 Å². The van der Waals surface area contributed by atoms with Crippen molar-refractivity contribution in [1.29, 1.82) is 0 Å². The fourth-order valence-electron chi connectivity index (χ4n) is 30.7. The van der Waals surface area contributed by atoms with E-state index in [1.54, 1.807) is 0 Å². The first-order chi connectivity index (χ1) is 61.6. The van der Waals surface area contributed by atoms with Crippen LogP contribution in [0.2, 0.25) is 0 Å². The molecular formula is C132H258O16. The average molecular weight is 2100 g/mol. The van der Waals surface area contributed by atoms with Crippen LogP contribution in [0.4, 0.5) is 0 Å². The van der Waals surface area contributed by atoms with E-state index in [1.165, 1.54) is 154 Å². The zero-order valence-electron chi connectivity index (χ0n) is 92.7. The Kier molecular flexibility index (Phi) is 56.0. The molecule has 20 bridgehead atoms. The molecule has 0 radical (unpaired) electrons. The highest BCUT2D eigenvalue weighted by molar-refractivity contribution is 5.79. The number of esters is 7. The second-order valence-corrected chi connectivity index (χ2v) is 56.0. The van der Waals surface area contributed by atoms with E-state index in [1.807, 2.05) is 180 Å². The predicted molar refractivity (Wildman–Crippen MR) is 630 cm³/mol. The molecule has 0 aromatic rings. The Labute approximate surface area is 921 Å². The SMILES string of the molecule is C.C.C.C.C.C.C.C.C.C.C.C.C.C.CCC(C)(C)C(=O)OC(C)(C)C.CCC(C)(C)C(=O)OC(C)(C)C(C)C.CCC(C)(C)C(=O)OC(C)(C)C1CC2CCC1C2.CCC(C)(C)C(=O)OC(C)OC12CC3CC(CC(C3)C1)C2.CCC(C)(C)C(=O)OC(C)OC1CC2CC1C1C3CCC(C3)C21.CCC(C)(C)C(=O)OC1(C)C2CC3C4CC5CC3C1C(C5)C4C2.CCC(C)(C)C(=O)OC1(C)CCC23CC1C(C)(C)C2CCC3C. The molecule has 16 heteroatoms. The van der Waals surface area contributed by atoms with Crippen molar-refractivity contribution >= 4 is 41.8 Å². The number of hydrogen-bond donors (Lipinski definition) is 0. The molecule has 0 N–H and O–H groups in total. The zero-order valence-corrected chi connectivity index (χ0v) is 92.7. The fourth-order valence-corrected chi connectivity index (χ4v) is 30.7. The minimum absolute atomic E-state index is 0. The summed E-state index contributed by atoms with van der Waals surface area (Å²) < 4.78 is 53.1. The highest BCUT2D eigenvalue weighted by atomic mass is 16.7. The first kappa shape index (κ1) is 150. The van der Waals surface area contributed by atoms with Gasteiger partial charge in [-0.3, -0.25) is 33.6 Å². The Morgan fingerprint density at radius 1 is 0.331 bits per heavy atom. The van der Waals surface area contributed by atoms with E-state index in [4.69, 9.17) is 42.6 Å². The van der Waals surface area contributed by atoms with Crippen molar-refractivity contribution in [2.45, 2.75) is 618 Å². The molecular weight excluding hydrogens is 1840 g/mol. The molecule has 22 atom stereocenters. The average Bonchev–Trinajstić information content (AvgIpc) is 1.04. The third-order valence-corrected chi connectivity index (χ3v) is 42.1. The first-order valence-corrected chi connectivity index (χ1v) is 55.6. The molecule has 1 spiro atoms. The van der Waals surface area contributed by atoms with Gasteiger partial charge in [0.25, 0.3) is 0 Å². The van der Waals surface area contributed by atoms with Crippen LogP contribution in [0, 0.1) is 191 Å². The molecule has 148 heavy (non-hydrogen) atoms. The quantitative estimate of drug-likeness (QED) is 0.0342. The summed E-state index contributed by atoms with van der Waals surface area (Å²) in [5, 5.41) is 0.